The molecule has 0 saturated heterocycles. The summed E-state index contributed by atoms with van der Waals surface area (Å²) in [5.74, 6) is 0.542. The Balaban J connectivity index is 2.68. The first kappa shape index (κ1) is 11.0. The molecule has 1 aromatic rings. The number of rotatable bonds is 5. The topological polar surface area (TPSA) is 17.1 Å². The molecule has 0 aliphatic carbocycles. The summed E-state index contributed by atoms with van der Waals surface area (Å²) in [6.07, 6.45) is 3.77. The van der Waals surface area contributed by atoms with Gasteiger partial charge in [0.1, 0.15) is 6.29 Å². The summed E-state index contributed by atoms with van der Waals surface area (Å²) in [7, 11) is 0. The molecule has 0 aliphatic rings. The van der Waals surface area contributed by atoms with Crippen LogP contribution >= 0.6 is 0 Å². The maximum Gasteiger partial charge on any atom is 0.120 e. The van der Waals surface area contributed by atoms with Crippen LogP contribution in [0.2, 0.25) is 0 Å². The Hall–Kier alpha value is -1.11. The molecule has 0 aromatic heterocycles. The van der Waals surface area contributed by atoms with Gasteiger partial charge >= 0.3 is 0 Å². The molecular formula is C13H18O. The van der Waals surface area contributed by atoms with Gasteiger partial charge in [-0.1, -0.05) is 36.8 Å². The van der Waals surface area contributed by atoms with Gasteiger partial charge in [-0.2, -0.15) is 0 Å². The van der Waals surface area contributed by atoms with E-state index >= 15 is 0 Å². The Bertz CT molecular complexity index is 274. The molecule has 1 atom stereocenters. The number of aldehydes is 1. The van der Waals surface area contributed by atoms with E-state index in [1.165, 1.54) is 11.1 Å². The highest BCUT2D eigenvalue weighted by atomic mass is 16.1. The molecule has 0 amide bonds. The Morgan fingerprint density at radius 1 is 1.29 bits per heavy atom. The van der Waals surface area contributed by atoms with Crippen molar-refractivity contribution in [3.8, 4) is 0 Å². The predicted molar refractivity (Wildman–Crippen MR) is 59.5 cm³/mol. The summed E-state index contributed by atoms with van der Waals surface area (Å²) < 4.78 is 0. The second kappa shape index (κ2) is 5.58. The number of carbonyl (C=O) groups is 1. The standard InChI is InChI=1S/C13H18O/c1-3-12(5-4-10-14)13-8-6-11(2)7-9-13/h6-10,12H,3-5H2,1-2H3/t12-/m1/s1. The average Bonchev–Trinajstić information content (AvgIpc) is 2.21. The second-order valence-corrected chi connectivity index (χ2v) is 3.76. The summed E-state index contributed by atoms with van der Waals surface area (Å²) in [6, 6.07) is 8.63. The summed E-state index contributed by atoms with van der Waals surface area (Å²) in [5.41, 5.74) is 2.65. The first-order chi connectivity index (χ1) is 6.77. The molecule has 0 bridgehead atoms. The lowest BCUT2D eigenvalue weighted by Gasteiger charge is -2.13. The van der Waals surface area contributed by atoms with Gasteiger partial charge in [-0.3, -0.25) is 0 Å². The van der Waals surface area contributed by atoms with E-state index in [0.717, 1.165) is 19.1 Å². The lowest BCUT2D eigenvalue weighted by molar-refractivity contribution is -0.108. The van der Waals surface area contributed by atoms with Crippen LogP contribution in [0.4, 0.5) is 0 Å². The lowest BCUT2D eigenvalue weighted by atomic mass is 9.92. The molecule has 76 valence electrons. The van der Waals surface area contributed by atoms with E-state index in [4.69, 9.17) is 0 Å². The van der Waals surface area contributed by atoms with Crippen LogP contribution in [0.25, 0.3) is 0 Å². The fourth-order valence-corrected chi connectivity index (χ4v) is 1.71. The third-order valence-electron chi connectivity index (χ3n) is 2.67. The highest BCUT2D eigenvalue weighted by Crippen LogP contribution is 2.24. The van der Waals surface area contributed by atoms with Gasteiger partial charge in [-0.15, -0.1) is 0 Å². The van der Waals surface area contributed by atoms with Crippen LogP contribution in [-0.4, -0.2) is 6.29 Å². The van der Waals surface area contributed by atoms with Gasteiger partial charge in [0.25, 0.3) is 0 Å². The van der Waals surface area contributed by atoms with Gasteiger partial charge < -0.3 is 4.79 Å². The zero-order chi connectivity index (χ0) is 10.4. The third-order valence-corrected chi connectivity index (χ3v) is 2.67. The number of carbonyl (C=O) groups excluding carboxylic acids is 1. The minimum Gasteiger partial charge on any atom is -0.303 e. The lowest BCUT2D eigenvalue weighted by Crippen LogP contribution is -1.97. The maximum atomic E-state index is 10.3. The van der Waals surface area contributed by atoms with E-state index in [9.17, 15) is 4.79 Å². The summed E-state index contributed by atoms with van der Waals surface area (Å²) in [6.45, 7) is 4.27. The molecule has 0 radical (unpaired) electrons. The Labute approximate surface area is 86.1 Å². The van der Waals surface area contributed by atoms with Crippen molar-refractivity contribution in [3.05, 3.63) is 35.4 Å². The fraction of sp³-hybridized carbons (Fsp3) is 0.462. The van der Waals surface area contributed by atoms with Crippen LogP contribution in [0.3, 0.4) is 0 Å². The SMILES string of the molecule is CC[C@H](CCC=O)c1ccc(C)cc1. The molecule has 0 aliphatic heterocycles. The predicted octanol–water partition coefficient (Wildman–Crippen LogP) is 3.47. The second-order valence-electron chi connectivity index (χ2n) is 3.76. The van der Waals surface area contributed by atoms with Crippen LogP contribution in [0, 0.1) is 6.92 Å². The van der Waals surface area contributed by atoms with Crippen molar-refractivity contribution in [3.63, 3.8) is 0 Å². The van der Waals surface area contributed by atoms with Crippen molar-refractivity contribution < 1.29 is 4.79 Å². The Morgan fingerprint density at radius 2 is 1.93 bits per heavy atom. The first-order valence-corrected chi connectivity index (χ1v) is 5.28. The molecule has 1 aromatic carbocycles. The quantitative estimate of drug-likeness (QED) is 0.650. The van der Waals surface area contributed by atoms with Gasteiger partial charge in [0, 0.05) is 6.42 Å². The van der Waals surface area contributed by atoms with Crippen molar-refractivity contribution in [2.24, 2.45) is 0 Å². The third kappa shape index (κ3) is 2.99. The van der Waals surface area contributed by atoms with Crippen LogP contribution < -0.4 is 0 Å². The Kier molecular flexibility index (Phi) is 4.37. The minimum atomic E-state index is 0.542. The Morgan fingerprint density at radius 3 is 2.43 bits per heavy atom. The zero-order valence-electron chi connectivity index (χ0n) is 8.99. The molecular weight excluding hydrogens is 172 g/mol. The van der Waals surface area contributed by atoms with Crippen LogP contribution in [-0.2, 0) is 4.79 Å². The van der Waals surface area contributed by atoms with Crippen molar-refractivity contribution >= 4 is 6.29 Å². The molecule has 14 heavy (non-hydrogen) atoms. The molecule has 1 rings (SSSR count). The highest BCUT2D eigenvalue weighted by molar-refractivity contribution is 5.49. The number of benzene rings is 1. The molecule has 1 nitrogen and oxygen atoms in total. The van der Waals surface area contributed by atoms with Gasteiger partial charge in [0.2, 0.25) is 0 Å². The van der Waals surface area contributed by atoms with E-state index < -0.39 is 0 Å². The summed E-state index contributed by atoms with van der Waals surface area (Å²) in [4.78, 5) is 10.3. The van der Waals surface area contributed by atoms with Crippen LogP contribution in [0.5, 0.6) is 0 Å². The van der Waals surface area contributed by atoms with Crippen molar-refractivity contribution in [1.29, 1.82) is 0 Å². The number of hydrogen-bond donors (Lipinski definition) is 0. The maximum absolute atomic E-state index is 10.3. The monoisotopic (exact) mass is 190 g/mol. The molecule has 0 saturated carbocycles. The van der Waals surface area contributed by atoms with Crippen molar-refractivity contribution in [1.82, 2.24) is 0 Å². The van der Waals surface area contributed by atoms with E-state index in [1.54, 1.807) is 0 Å². The van der Waals surface area contributed by atoms with E-state index in [0.29, 0.717) is 12.3 Å². The van der Waals surface area contributed by atoms with E-state index in [1.807, 2.05) is 0 Å². The molecule has 1 heteroatoms. The fourth-order valence-electron chi connectivity index (χ4n) is 1.71. The zero-order valence-corrected chi connectivity index (χ0v) is 8.99. The normalized spacial score (nSPS) is 12.4. The molecule has 0 heterocycles. The van der Waals surface area contributed by atoms with Gasteiger partial charge in [-0.05, 0) is 31.2 Å². The van der Waals surface area contributed by atoms with Gasteiger partial charge in [0.15, 0.2) is 0 Å². The van der Waals surface area contributed by atoms with E-state index in [-0.39, 0.29) is 0 Å². The van der Waals surface area contributed by atoms with Gasteiger partial charge in [0.05, 0.1) is 0 Å². The molecule has 0 fully saturated rings. The van der Waals surface area contributed by atoms with Crippen molar-refractivity contribution in [2.75, 3.05) is 0 Å². The van der Waals surface area contributed by atoms with Crippen LogP contribution in [0.1, 0.15) is 43.2 Å². The summed E-state index contributed by atoms with van der Waals surface area (Å²) >= 11 is 0. The van der Waals surface area contributed by atoms with Gasteiger partial charge in [-0.25, -0.2) is 0 Å². The number of hydrogen-bond acceptors (Lipinski definition) is 1. The summed E-state index contributed by atoms with van der Waals surface area (Å²) in [5, 5.41) is 0. The van der Waals surface area contributed by atoms with Crippen molar-refractivity contribution in [2.45, 2.75) is 39.0 Å². The molecule has 0 N–H and O–H groups in total. The highest BCUT2D eigenvalue weighted by Gasteiger charge is 2.07. The number of aryl methyl sites for hydroxylation is 1. The smallest absolute Gasteiger partial charge is 0.120 e. The largest absolute Gasteiger partial charge is 0.303 e. The average molecular weight is 190 g/mol. The molecule has 0 spiro atoms. The van der Waals surface area contributed by atoms with E-state index in [2.05, 4.69) is 38.1 Å². The molecule has 0 unspecified atom stereocenters. The minimum absolute atomic E-state index is 0.542. The first-order valence-electron chi connectivity index (χ1n) is 5.28. The van der Waals surface area contributed by atoms with Crippen LogP contribution in [0.15, 0.2) is 24.3 Å².